The van der Waals surface area contributed by atoms with E-state index in [9.17, 15) is 18.0 Å². The number of carbonyl (C=O) groups excluding carboxylic acids is 1. The Morgan fingerprint density at radius 1 is 0.966 bits per heavy atom. The second kappa shape index (κ2) is 7.71. The van der Waals surface area contributed by atoms with Crippen molar-refractivity contribution in [2.75, 3.05) is 0 Å². The summed E-state index contributed by atoms with van der Waals surface area (Å²) in [5.74, 6) is -0.0288. The van der Waals surface area contributed by atoms with Gasteiger partial charge in [0.2, 0.25) is 0 Å². The summed E-state index contributed by atoms with van der Waals surface area (Å²) in [5.41, 5.74) is 1.02. The Morgan fingerprint density at radius 2 is 1.62 bits per heavy atom. The summed E-state index contributed by atoms with van der Waals surface area (Å²) in [5, 5.41) is 0. The van der Waals surface area contributed by atoms with Gasteiger partial charge in [0.05, 0.1) is 11.0 Å². The average molecular weight is 414 g/mol. The highest BCUT2D eigenvalue weighted by atomic mass is 32.2. The van der Waals surface area contributed by atoms with Crippen LogP contribution >= 0.6 is 0 Å². The maximum absolute atomic E-state index is 12.9. The van der Waals surface area contributed by atoms with Crippen molar-refractivity contribution in [2.45, 2.75) is 38.7 Å². The van der Waals surface area contributed by atoms with Crippen LogP contribution in [-0.4, -0.2) is 29.0 Å². The van der Waals surface area contributed by atoms with E-state index in [2.05, 4.69) is 0 Å². The van der Waals surface area contributed by atoms with Gasteiger partial charge in [-0.15, -0.1) is 0 Å². The third-order valence-electron chi connectivity index (χ3n) is 4.47. The molecule has 0 fully saturated rings. The number of aromatic nitrogens is 2. The summed E-state index contributed by atoms with van der Waals surface area (Å²) in [4.78, 5) is 25.3. The van der Waals surface area contributed by atoms with E-state index < -0.39 is 21.6 Å². The molecule has 0 amide bonds. The minimum Gasteiger partial charge on any atom is -0.491 e. The smallest absolute Gasteiger partial charge is 0.349 e. The van der Waals surface area contributed by atoms with E-state index in [1.54, 1.807) is 25.1 Å². The van der Waals surface area contributed by atoms with Crippen molar-refractivity contribution in [1.29, 1.82) is 0 Å². The van der Waals surface area contributed by atoms with Crippen molar-refractivity contribution in [3.05, 3.63) is 82.0 Å². The zero-order chi connectivity index (χ0) is 21.3. The minimum absolute atomic E-state index is 0.0104. The first-order valence-corrected chi connectivity index (χ1v) is 10.5. The van der Waals surface area contributed by atoms with Gasteiger partial charge in [0.1, 0.15) is 5.75 Å². The van der Waals surface area contributed by atoms with E-state index in [1.807, 2.05) is 20.8 Å². The third-order valence-corrected chi connectivity index (χ3v) is 6.12. The van der Waals surface area contributed by atoms with Gasteiger partial charge in [0.25, 0.3) is 15.9 Å². The Bertz CT molecular complexity index is 1220. The first kappa shape index (κ1) is 20.6. The van der Waals surface area contributed by atoms with Gasteiger partial charge in [-0.1, -0.05) is 6.07 Å². The van der Waals surface area contributed by atoms with E-state index >= 15 is 0 Å². The van der Waals surface area contributed by atoms with E-state index in [-0.39, 0.29) is 16.6 Å². The Hall–Kier alpha value is -3.13. The first-order valence-electron chi connectivity index (χ1n) is 9.05. The number of aryl methyl sites for hydroxylation is 2. The zero-order valence-corrected chi connectivity index (χ0v) is 17.4. The third kappa shape index (κ3) is 4.02. The highest BCUT2D eigenvalue weighted by molar-refractivity contribution is 7.90. The van der Waals surface area contributed by atoms with Gasteiger partial charge < -0.3 is 4.74 Å². The fourth-order valence-corrected chi connectivity index (χ4v) is 4.07. The topological polar surface area (TPSA) is 87.4 Å². The zero-order valence-electron chi connectivity index (χ0n) is 16.6. The van der Waals surface area contributed by atoms with Gasteiger partial charge in [-0.3, -0.25) is 4.79 Å². The Balaban J connectivity index is 1.95. The molecule has 1 aromatic heterocycles. The molecule has 8 heteroatoms. The molecule has 2 aromatic carbocycles. The number of benzene rings is 2. The molecule has 7 nitrogen and oxygen atoms in total. The van der Waals surface area contributed by atoms with Crippen LogP contribution in [0.2, 0.25) is 0 Å². The lowest BCUT2D eigenvalue weighted by Crippen LogP contribution is -2.32. The van der Waals surface area contributed by atoms with Crippen LogP contribution < -0.4 is 10.4 Å². The second-order valence-corrected chi connectivity index (χ2v) is 8.81. The number of hydrogen-bond donors (Lipinski definition) is 0. The predicted octanol–water partition coefficient (Wildman–Crippen LogP) is 2.98. The van der Waals surface area contributed by atoms with E-state index in [0.29, 0.717) is 9.72 Å². The van der Waals surface area contributed by atoms with Crippen molar-refractivity contribution in [3.8, 4) is 5.75 Å². The molecule has 152 valence electrons. The molecular formula is C21H22N2O5S. The molecule has 0 atom stereocenters. The van der Waals surface area contributed by atoms with Crippen LogP contribution in [0.25, 0.3) is 0 Å². The molecule has 0 saturated heterocycles. The lowest BCUT2D eigenvalue weighted by Gasteiger charge is -2.09. The molecule has 0 spiro atoms. The van der Waals surface area contributed by atoms with Crippen molar-refractivity contribution in [1.82, 2.24) is 8.54 Å². The summed E-state index contributed by atoms with van der Waals surface area (Å²) in [7, 11) is -4.11. The minimum atomic E-state index is -4.11. The highest BCUT2D eigenvalue weighted by Gasteiger charge is 2.23. The van der Waals surface area contributed by atoms with Crippen LogP contribution in [0.5, 0.6) is 5.75 Å². The van der Waals surface area contributed by atoms with Crippen molar-refractivity contribution < 1.29 is 17.9 Å². The average Bonchev–Trinajstić information content (AvgIpc) is 3.05. The number of carbonyl (C=O) groups is 1. The van der Waals surface area contributed by atoms with Crippen LogP contribution in [0.1, 0.15) is 35.3 Å². The Labute approximate surface area is 169 Å². The quantitative estimate of drug-likeness (QED) is 0.641. The number of nitrogens with zero attached hydrogens (tertiary/aromatic N) is 2. The molecule has 0 aliphatic carbocycles. The Kier molecular flexibility index (Phi) is 5.48. The van der Waals surface area contributed by atoms with Crippen LogP contribution in [-0.2, 0) is 10.0 Å². The number of rotatable bonds is 5. The summed E-state index contributed by atoms with van der Waals surface area (Å²) in [6.07, 6.45) is 2.23. The monoisotopic (exact) mass is 414 g/mol. The molecule has 0 aliphatic heterocycles. The molecule has 29 heavy (non-hydrogen) atoms. The molecule has 3 rings (SSSR count). The number of ether oxygens (including phenoxy) is 1. The summed E-state index contributed by atoms with van der Waals surface area (Å²) in [6.45, 7) is 7.43. The molecule has 0 saturated carbocycles. The van der Waals surface area contributed by atoms with Gasteiger partial charge >= 0.3 is 5.69 Å². The van der Waals surface area contributed by atoms with E-state index in [0.717, 1.165) is 28.1 Å². The molecule has 3 aromatic rings. The maximum atomic E-state index is 12.9. The lowest BCUT2D eigenvalue weighted by atomic mass is 10.1. The fourth-order valence-electron chi connectivity index (χ4n) is 2.77. The van der Waals surface area contributed by atoms with Crippen LogP contribution in [0.4, 0.5) is 0 Å². The summed E-state index contributed by atoms with van der Waals surface area (Å²) >= 11 is 0. The summed E-state index contributed by atoms with van der Waals surface area (Å²) < 4.78 is 32.6. The SMILES string of the molecule is Cc1ccc(S(=O)(=O)n2ccn(C(=O)c3ccc(OC(C)C)cc3)c2=O)cc1C. The number of imidazole rings is 1. The standard InChI is InChI=1S/C21H22N2O5S/c1-14(2)28-18-8-6-17(7-9-18)20(24)22-11-12-23(21(22)25)29(26,27)19-10-5-15(3)16(4)13-19/h5-14H,1-4H3. The van der Waals surface area contributed by atoms with Crippen LogP contribution in [0.3, 0.4) is 0 Å². The highest BCUT2D eigenvalue weighted by Crippen LogP contribution is 2.17. The number of hydrogen-bond acceptors (Lipinski definition) is 5. The van der Waals surface area contributed by atoms with Gasteiger partial charge in [-0.25, -0.2) is 17.8 Å². The first-order chi connectivity index (χ1) is 13.6. The molecule has 0 N–H and O–H groups in total. The van der Waals surface area contributed by atoms with E-state index in [4.69, 9.17) is 4.74 Å². The van der Waals surface area contributed by atoms with Crippen molar-refractivity contribution in [2.24, 2.45) is 0 Å². The molecule has 0 unspecified atom stereocenters. The largest absolute Gasteiger partial charge is 0.491 e. The van der Waals surface area contributed by atoms with Crippen molar-refractivity contribution >= 4 is 15.9 Å². The predicted molar refractivity (Wildman–Crippen MR) is 109 cm³/mol. The molecule has 0 bridgehead atoms. The molecule has 0 aliphatic rings. The normalized spacial score (nSPS) is 11.6. The maximum Gasteiger partial charge on any atom is 0.349 e. The molecule has 0 radical (unpaired) electrons. The van der Waals surface area contributed by atoms with E-state index in [1.165, 1.54) is 24.3 Å². The second-order valence-electron chi connectivity index (χ2n) is 6.99. The Morgan fingerprint density at radius 3 is 2.21 bits per heavy atom. The van der Waals surface area contributed by atoms with Gasteiger partial charge in [-0.05, 0) is 75.2 Å². The van der Waals surface area contributed by atoms with Crippen LogP contribution in [0, 0.1) is 13.8 Å². The lowest BCUT2D eigenvalue weighted by molar-refractivity contribution is 0.0956. The molecular weight excluding hydrogens is 392 g/mol. The van der Waals surface area contributed by atoms with Crippen molar-refractivity contribution in [3.63, 3.8) is 0 Å². The van der Waals surface area contributed by atoms with Crippen LogP contribution in [0.15, 0.2) is 64.5 Å². The molecule has 1 heterocycles. The van der Waals surface area contributed by atoms with Gasteiger partial charge in [0, 0.05) is 18.0 Å². The van der Waals surface area contributed by atoms with Gasteiger partial charge in [-0.2, -0.15) is 3.97 Å². The van der Waals surface area contributed by atoms with Gasteiger partial charge in [0.15, 0.2) is 0 Å². The summed E-state index contributed by atoms with van der Waals surface area (Å²) in [6, 6.07) is 10.9. The fraction of sp³-hybridized carbons (Fsp3) is 0.238.